The number of carbonyl (C=O) groups excluding carboxylic acids is 1. The van der Waals surface area contributed by atoms with E-state index in [0.717, 1.165) is 43.5 Å². The highest BCUT2D eigenvalue weighted by atomic mass is 16.1. The van der Waals surface area contributed by atoms with Gasteiger partial charge in [0.15, 0.2) is 17.4 Å². The maximum Gasteiger partial charge on any atom is 0.159 e. The van der Waals surface area contributed by atoms with Gasteiger partial charge >= 0.3 is 0 Å². The van der Waals surface area contributed by atoms with Crippen molar-refractivity contribution in [1.29, 1.82) is 0 Å². The maximum atomic E-state index is 11.4. The largest absolute Gasteiger partial charge is 0.393 e. The fraction of sp³-hybridized carbons (Fsp3) is 0.238. The fourth-order valence-corrected chi connectivity index (χ4v) is 3.35. The van der Waals surface area contributed by atoms with Crippen LogP contribution < -0.4 is 20.9 Å². The van der Waals surface area contributed by atoms with Gasteiger partial charge in [-0.1, -0.05) is 6.07 Å². The van der Waals surface area contributed by atoms with Gasteiger partial charge in [0.2, 0.25) is 0 Å². The summed E-state index contributed by atoms with van der Waals surface area (Å²) >= 11 is 0. The van der Waals surface area contributed by atoms with E-state index in [9.17, 15) is 4.79 Å². The summed E-state index contributed by atoms with van der Waals surface area (Å²) in [4.78, 5) is 29.0. The summed E-state index contributed by atoms with van der Waals surface area (Å²) in [6.45, 7) is 4.82. The lowest BCUT2D eigenvalue weighted by molar-refractivity contribution is 0.101. The van der Waals surface area contributed by atoms with E-state index < -0.39 is 0 Å². The average molecular weight is 389 g/mol. The molecule has 3 heterocycles. The highest BCUT2D eigenvalue weighted by Gasteiger charge is 2.22. The maximum absolute atomic E-state index is 11.4. The van der Waals surface area contributed by atoms with Crippen molar-refractivity contribution in [3.63, 3.8) is 0 Å². The number of pyridine rings is 1. The summed E-state index contributed by atoms with van der Waals surface area (Å²) in [5.74, 6) is 2.30. The van der Waals surface area contributed by atoms with Crippen molar-refractivity contribution in [2.45, 2.75) is 6.92 Å². The molecule has 0 saturated carbocycles. The molecular weight excluding hydrogens is 366 g/mol. The third-order valence-corrected chi connectivity index (χ3v) is 4.97. The summed E-state index contributed by atoms with van der Waals surface area (Å²) < 4.78 is 0. The Bertz CT molecular complexity index is 984. The summed E-state index contributed by atoms with van der Waals surface area (Å²) in [6.07, 6.45) is 3.33. The predicted octanol–water partition coefficient (Wildman–Crippen LogP) is 2.73. The summed E-state index contributed by atoms with van der Waals surface area (Å²) in [5, 5.41) is 3.22. The number of nitrogens with zero attached hydrogens (tertiary/aromatic N) is 5. The Morgan fingerprint density at radius 3 is 2.34 bits per heavy atom. The molecule has 3 N–H and O–H groups in total. The van der Waals surface area contributed by atoms with Gasteiger partial charge in [0.05, 0.1) is 0 Å². The molecule has 1 aliphatic rings. The van der Waals surface area contributed by atoms with Crippen LogP contribution >= 0.6 is 0 Å². The second kappa shape index (κ2) is 8.14. The zero-order valence-corrected chi connectivity index (χ0v) is 16.2. The molecule has 3 aromatic rings. The Balaban J connectivity index is 1.46. The molecule has 1 aromatic carbocycles. The van der Waals surface area contributed by atoms with Crippen molar-refractivity contribution in [2.24, 2.45) is 0 Å². The molecule has 0 spiro atoms. The van der Waals surface area contributed by atoms with Crippen molar-refractivity contribution in [3.05, 3.63) is 60.6 Å². The van der Waals surface area contributed by atoms with Gasteiger partial charge in [0, 0.05) is 43.6 Å². The van der Waals surface area contributed by atoms with E-state index in [1.165, 1.54) is 6.33 Å². The highest BCUT2D eigenvalue weighted by molar-refractivity contribution is 5.94. The molecular formula is C21H23N7O. The van der Waals surface area contributed by atoms with E-state index in [2.05, 4.69) is 30.1 Å². The van der Waals surface area contributed by atoms with E-state index in [1.54, 1.807) is 19.1 Å². The van der Waals surface area contributed by atoms with Gasteiger partial charge in [-0.05, 0) is 43.3 Å². The van der Waals surface area contributed by atoms with Crippen LogP contribution in [0.25, 0.3) is 0 Å². The summed E-state index contributed by atoms with van der Waals surface area (Å²) in [7, 11) is 0. The van der Waals surface area contributed by atoms with Crippen LogP contribution in [0.2, 0.25) is 0 Å². The molecule has 8 nitrogen and oxygen atoms in total. The first-order valence-corrected chi connectivity index (χ1v) is 9.51. The third-order valence-electron chi connectivity index (χ3n) is 4.97. The number of nitrogens with two attached hydrogens (primary N) is 1. The first-order chi connectivity index (χ1) is 14.1. The molecule has 1 fully saturated rings. The Morgan fingerprint density at radius 1 is 0.966 bits per heavy atom. The first-order valence-electron chi connectivity index (χ1n) is 9.51. The van der Waals surface area contributed by atoms with Crippen LogP contribution in [0.4, 0.5) is 28.8 Å². The van der Waals surface area contributed by atoms with Crippen molar-refractivity contribution in [1.82, 2.24) is 15.0 Å². The molecule has 0 radical (unpaired) electrons. The van der Waals surface area contributed by atoms with E-state index in [0.29, 0.717) is 17.1 Å². The van der Waals surface area contributed by atoms with Crippen molar-refractivity contribution in [3.8, 4) is 0 Å². The van der Waals surface area contributed by atoms with E-state index in [-0.39, 0.29) is 5.78 Å². The molecule has 8 heteroatoms. The van der Waals surface area contributed by atoms with Crippen molar-refractivity contribution >= 4 is 34.6 Å². The van der Waals surface area contributed by atoms with Crippen LogP contribution in [0.1, 0.15) is 17.3 Å². The normalized spacial score (nSPS) is 14.0. The van der Waals surface area contributed by atoms with Crippen molar-refractivity contribution in [2.75, 3.05) is 47.0 Å². The lowest BCUT2D eigenvalue weighted by Crippen LogP contribution is -2.47. The number of hydrogen-bond acceptors (Lipinski definition) is 8. The quantitative estimate of drug-likeness (QED) is 0.643. The SMILES string of the molecule is CC(=O)c1ccc(Nc2ncnc(N3CCN(c4ccccn4)CC3)c2N)cc1. The number of piperazine rings is 1. The third kappa shape index (κ3) is 4.11. The number of aromatic nitrogens is 3. The number of hydrogen-bond donors (Lipinski definition) is 2. The molecule has 0 atom stereocenters. The van der Waals surface area contributed by atoms with Crippen LogP contribution in [-0.2, 0) is 0 Å². The molecule has 0 unspecified atom stereocenters. The Kier molecular flexibility index (Phi) is 5.24. The minimum absolute atomic E-state index is 0.0326. The van der Waals surface area contributed by atoms with Crippen LogP contribution in [-0.4, -0.2) is 46.9 Å². The number of ketones is 1. The molecule has 1 saturated heterocycles. The Hall–Kier alpha value is -3.68. The molecule has 2 aromatic heterocycles. The molecule has 29 heavy (non-hydrogen) atoms. The van der Waals surface area contributed by atoms with Gasteiger partial charge in [0.1, 0.15) is 17.8 Å². The predicted molar refractivity (Wildman–Crippen MR) is 115 cm³/mol. The van der Waals surface area contributed by atoms with Gasteiger partial charge in [0.25, 0.3) is 0 Å². The van der Waals surface area contributed by atoms with Gasteiger partial charge in [-0.3, -0.25) is 4.79 Å². The highest BCUT2D eigenvalue weighted by Crippen LogP contribution is 2.29. The van der Waals surface area contributed by atoms with E-state index in [1.807, 2.05) is 36.5 Å². The number of nitrogens with one attached hydrogen (secondary N) is 1. The Labute approximate surface area is 169 Å². The zero-order valence-electron chi connectivity index (χ0n) is 16.2. The smallest absolute Gasteiger partial charge is 0.159 e. The first kappa shape index (κ1) is 18.7. The summed E-state index contributed by atoms with van der Waals surface area (Å²) in [5.41, 5.74) is 8.36. The molecule has 0 bridgehead atoms. The number of Topliss-reactive ketones (excluding diaryl/α,β-unsaturated/α-hetero) is 1. The number of rotatable bonds is 5. The summed E-state index contributed by atoms with van der Waals surface area (Å²) in [6, 6.07) is 13.2. The minimum Gasteiger partial charge on any atom is -0.393 e. The standard InChI is InChI=1S/C21H23N7O/c1-15(29)16-5-7-17(8-6-16)26-20-19(22)21(25-14-24-20)28-12-10-27(11-13-28)18-4-2-3-9-23-18/h2-9,14H,10-13,22H2,1H3,(H,24,25,26). The number of benzene rings is 1. The lowest BCUT2D eigenvalue weighted by Gasteiger charge is -2.36. The number of nitrogen functional groups attached to an aromatic ring is 1. The lowest BCUT2D eigenvalue weighted by atomic mass is 10.1. The van der Waals surface area contributed by atoms with Crippen LogP contribution in [0.5, 0.6) is 0 Å². The topological polar surface area (TPSA) is 100 Å². The van der Waals surface area contributed by atoms with Gasteiger partial charge in [-0.25, -0.2) is 15.0 Å². The average Bonchev–Trinajstić information content (AvgIpc) is 2.76. The second-order valence-electron chi connectivity index (χ2n) is 6.88. The van der Waals surface area contributed by atoms with Gasteiger partial charge in [-0.15, -0.1) is 0 Å². The van der Waals surface area contributed by atoms with E-state index in [4.69, 9.17) is 5.73 Å². The van der Waals surface area contributed by atoms with Crippen molar-refractivity contribution < 1.29 is 4.79 Å². The number of carbonyl (C=O) groups is 1. The van der Waals surface area contributed by atoms with Gasteiger partial charge in [-0.2, -0.15) is 0 Å². The zero-order chi connectivity index (χ0) is 20.2. The molecule has 4 rings (SSSR count). The monoisotopic (exact) mass is 389 g/mol. The molecule has 148 valence electrons. The molecule has 0 aliphatic carbocycles. The molecule has 1 aliphatic heterocycles. The van der Waals surface area contributed by atoms with Crippen LogP contribution in [0.15, 0.2) is 55.0 Å². The van der Waals surface area contributed by atoms with Crippen LogP contribution in [0, 0.1) is 0 Å². The minimum atomic E-state index is 0.0326. The Morgan fingerprint density at radius 2 is 1.69 bits per heavy atom. The van der Waals surface area contributed by atoms with Gasteiger partial charge < -0.3 is 20.9 Å². The number of anilines is 5. The van der Waals surface area contributed by atoms with Crippen LogP contribution in [0.3, 0.4) is 0 Å². The molecule has 0 amide bonds. The fourth-order valence-electron chi connectivity index (χ4n) is 3.35. The second-order valence-corrected chi connectivity index (χ2v) is 6.88. The van der Waals surface area contributed by atoms with E-state index >= 15 is 0 Å².